The zero-order valence-electron chi connectivity index (χ0n) is 22.0. The minimum atomic E-state index is -0.262. The largest absolute Gasteiger partial charge is 0.330 e. The van der Waals surface area contributed by atoms with Crippen LogP contribution in [0.5, 0.6) is 0 Å². The second-order valence-electron chi connectivity index (χ2n) is 9.96. The van der Waals surface area contributed by atoms with Crippen molar-refractivity contribution in [2.75, 3.05) is 6.54 Å². The molecule has 6 heteroatoms. The first kappa shape index (κ1) is 31.7. The average molecular weight is 575 g/mol. The molecule has 0 bridgehead atoms. The van der Waals surface area contributed by atoms with E-state index in [1.807, 2.05) is 36.4 Å². The fraction of sp³-hybridized carbons (Fsp3) is 0.229. The molecule has 0 amide bonds. The minimum Gasteiger partial charge on any atom is -0.330 e. The van der Waals surface area contributed by atoms with E-state index in [1.54, 1.807) is 12.1 Å². The fourth-order valence-electron chi connectivity index (χ4n) is 5.80. The minimum absolute atomic E-state index is 0. The first-order valence-corrected chi connectivity index (χ1v) is 13.2. The molecule has 0 radical (unpaired) electrons. The van der Waals surface area contributed by atoms with Crippen molar-refractivity contribution in [1.29, 1.82) is 5.26 Å². The highest BCUT2D eigenvalue weighted by molar-refractivity contribution is 5.85. The number of allylic oxidation sites excluding steroid dienone is 1. The molecule has 0 heterocycles. The molecule has 0 saturated heterocycles. The Balaban J connectivity index is 0.000000215. The van der Waals surface area contributed by atoms with Gasteiger partial charge in [0, 0.05) is 12.0 Å². The second kappa shape index (κ2) is 14.2. The smallest absolute Gasteiger partial charge is 0.123 e. The topological polar surface area (TPSA) is 49.8 Å². The van der Waals surface area contributed by atoms with Crippen LogP contribution in [0, 0.1) is 28.8 Å². The third kappa shape index (κ3) is 6.90. The summed E-state index contributed by atoms with van der Waals surface area (Å²) in [5.41, 5.74) is 14.9. The van der Waals surface area contributed by atoms with Gasteiger partial charge in [0.25, 0.3) is 0 Å². The number of fused-ring (bicyclic) bond motifs is 4. The Morgan fingerprint density at radius 1 is 0.707 bits per heavy atom. The Hall–Kier alpha value is -3.85. The highest BCUT2D eigenvalue weighted by Gasteiger charge is 2.24. The Morgan fingerprint density at radius 2 is 1.20 bits per heavy atom. The van der Waals surface area contributed by atoms with Gasteiger partial charge < -0.3 is 5.73 Å². The number of nitrogens with two attached hydrogens (primary N) is 1. The van der Waals surface area contributed by atoms with Gasteiger partial charge >= 0.3 is 0 Å². The van der Waals surface area contributed by atoms with Gasteiger partial charge in [0.15, 0.2) is 0 Å². The van der Waals surface area contributed by atoms with E-state index in [1.165, 1.54) is 35.9 Å². The molecular weight excluding hydrogens is 541 g/mol. The number of hydrogen-bond donors (Lipinski definition) is 1. The predicted octanol–water partition coefficient (Wildman–Crippen LogP) is 8.48. The molecule has 0 saturated carbocycles. The van der Waals surface area contributed by atoms with Gasteiger partial charge in [-0.25, -0.2) is 13.2 Å². The lowest BCUT2D eigenvalue weighted by molar-refractivity contribution is 0.613. The molecule has 2 aliphatic carbocycles. The molecular formula is C35H34ClF3N2. The molecule has 0 aliphatic heterocycles. The van der Waals surface area contributed by atoms with Crippen LogP contribution in [0.4, 0.5) is 13.2 Å². The third-order valence-electron chi connectivity index (χ3n) is 7.63. The van der Waals surface area contributed by atoms with Gasteiger partial charge in [0.2, 0.25) is 0 Å². The van der Waals surface area contributed by atoms with Crippen LogP contribution in [0.15, 0.2) is 84.9 Å². The summed E-state index contributed by atoms with van der Waals surface area (Å²) in [6.07, 6.45) is 5.72. The van der Waals surface area contributed by atoms with E-state index in [2.05, 4.69) is 12.1 Å². The summed E-state index contributed by atoms with van der Waals surface area (Å²) >= 11 is 0. The molecule has 212 valence electrons. The third-order valence-corrected chi connectivity index (χ3v) is 7.63. The van der Waals surface area contributed by atoms with Crippen molar-refractivity contribution in [3.05, 3.63) is 147 Å². The molecule has 2 aliphatic rings. The van der Waals surface area contributed by atoms with Crippen molar-refractivity contribution >= 4 is 18.0 Å². The van der Waals surface area contributed by atoms with E-state index >= 15 is 0 Å². The van der Waals surface area contributed by atoms with Crippen molar-refractivity contribution in [2.24, 2.45) is 5.73 Å². The summed E-state index contributed by atoms with van der Waals surface area (Å²) in [6.45, 7) is 0.497. The van der Waals surface area contributed by atoms with Crippen LogP contribution in [-0.2, 0) is 25.7 Å². The Morgan fingerprint density at radius 3 is 1.76 bits per heavy atom. The summed E-state index contributed by atoms with van der Waals surface area (Å²) < 4.78 is 40.7. The standard InChI is InChI=1S/C17H17F2N.C17H12FN.CH4.ClH/c18-13-5-3-11-1-2-12-4-6-14(19)10-17(12)15(7-8-20)16(11)9-13;18-14-8-7-13-6-5-12-3-1-2-4-15(12)16(9-10-19)17(13)11-14;;/h3-6,9-10,15H,1-2,7-8,20H2;1-4,7-9,11H,5-6H2;1H4;1H/b;16-9+;;. The van der Waals surface area contributed by atoms with Crippen LogP contribution in [0.1, 0.15) is 64.3 Å². The van der Waals surface area contributed by atoms with E-state index in [-0.39, 0.29) is 43.2 Å². The SMILES string of the molecule is C.Cl.N#C/C=C1\c2ccccc2CCc2ccc(F)cc21.NCCC1c2cc(F)ccc2CCc2ccc(F)cc21. The van der Waals surface area contributed by atoms with Gasteiger partial charge in [-0.1, -0.05) is 49.9 Å². The molecule has 0 fully saturated rings. The van der Waals surface area contributed by atoms with Crippen molar-refractivity contribution in [3.63, 3.8) is 0 Å². The maximum Gasteiger partial charge on any atom is 0.123 e. The van der Waals surface area contributed by atoms with Crippen molar-refractivity contribution < 1.29 is 13.2 Å². The normalized spacial score (nSPS) is 14.2. The van der Waals surface area contributed by atoms with Crippen molar-refractivity contribution in [1.82, 2.24) is 0 Å². The number of rotatable bonds is 2. The van der Waals surface area contributed by atoms with Crippen LogP contribution in [0.25, 0.3) is 5.57 Å². The summed E-state index contributed by atoms with van der Waals surface area (Å²) in [7, 11) is 0. The van der Waals surface area contributed by atoms with Crippen LogP contribution in [0.2, 0.25) is 0 Å². The summed E-state index contributed by atoms with van der Waals surface area (Å²) in [5.74, 6) is -0.767. The summed E-state index contributed by atoms with van der Waals surface area (Å²) in [6, 6.07) is 24.8. The van der Waals surface area contributed by atoms with Gasteiger partial charge in [-0.05, 0) is 125 Å². The molecule has 0 spiro atoms. The van der Waals surface area contributed by atoms with E-state index in [4.69, 9.17) is 11.0 Å². The molecule has 4 aromatic carbocycles. The van der Waals surface area contributed by atoms with Gasteiger partial charge in [-0.2, -0.15) is 5.26 Å². The first-order valence-electron chi connectivity index (χ1n) is 13.2. The maximum atomic E-state index is 13.6. The molecule has 2 N–H and O–H groups in total. The highest BCUT2D eigenvalue weighted by atomic mass is 35.5. The summed E-state index contributed by atoms with van der Waals surface area (Å²) in [4.78, 5) is 0. The van der Waals surface area contributed by atoms with Crippen LogP contribution < -0.4 is 5.73 Å². The quantitative estimate of drug-likeness (QED) is 0.244. The monoisotopic (exact) mass is 574 g/mol. The summed E-state index contributed by atoms with van der Waals surface area (Å²) in [5, 5.41) is 9.01. The number of aryl methyl sites for hydroxylation is 4. The van der Waals surface area contributed by atoms with Crippen molar-refractivity contribution in [3.8, 4) is 6.07 Å². The van der Waals surface area contributed by atoms with Gasteiger partial charge in [0.1, 0.15) is 17.5 Å². The lowest BCUT2D eigenvalue weighted by Crippen LogP contribution is -2.11. The van der Waals surface area contributed by atoms with Crippen molar-refractivity contribution in [2.45, 2.75) is 45.4 Å². The van der Waals surface area contributed by atoms with Crippen LogP contribution >= 0.6 is 12.4 Å². The lowest BCUT2D eigenvalue weighted by atomic mass is 9.85. The number of benzene rings is 4. The Labute approximate surface area is 246 Å². The Kier molecular flexibility index (Phi) is 10.9. The zero-order chi connectivity index (χ0) is 27.4. The average Bonchev–Trinajstić information content (AvgIpc) is 3.18. The zero-order valence-corrected chi connectivity index (χ0v) is 22.8. The maximum absolute atomic E-state index is 13.6. The van der Waals surface area contributed by atoms with Gasteiger partial charge in [0.05, 0.1) is 6.07 Å². The predicted molar refractivity (Wildman–Crippen MR) is 163 cm³/mol. The van der Waals surface area contributed by atoms with Crippen LogP contribution in [-0.4, -0.2) is 6.54 Å². The van der Waals surface area contributed by atoms with E-state index in [0.717, 1.165) is 70.2 Å². The fourth-order valence-corrected chi connectivity index (χ4v) is 5.80. The van der Waals surface area contributed by atoms with E-state index in [9.17, 15) is 13.2 Å². The number of nitriles is 1. The number of halogens is 4. The first-order chi connectivity index (χ1) is 19.0. The number of nitrogens with zero attached hydrogens (tertiary/aromatic N) is 1. The molecule has 41 heavy (non-hydrogen) atoms. The van der Waals surface area contributed by atoms with E-state index in [0.29, 0.717) is 13.0 Å². The molecule has 6 rings (SSSR count). The van der Waals surface area contributed by atoms with Gasteiger partial charge in [-0.3, -0.25) is 0 Å². The highest BCUT2D eigenvalue weighted by Crippen LogP contribution is 2.37. The molecule has 4 aromatic rings. The lowest BCUT2D eigenvalue weighted by Gasteiger charge is -2.20. The molecule has 2 nitrogen and oxygen atoms in total. The molecule has 0 aromatic heterocycles. The molecule has 0 atom stereocenters. The van der Waals surface area contributed by atoms with Crippen LogP contribution in [0.3, 0.4) is 0 Å². The van der Waals surface area contributed by atoms with E-state index < -0.39 is 0 Å². The molecule has 0 unspecified atom stereocenters. The van der Waals surface area contributed by atoms with Gasteiger partial charge in [-0.15, -0.1) is 12.4 Å². The Bertz CT molecular complexity index is 1540. The number of hydrogen-bond acceptors (Lipinski definition) is 2. The second-order valence-corrected chi connectivity index (χ2v) is 9.96.